The molecule has 0 aliphatic carbocycles. The summed E-state index contributed by atoms with van der Waals surface area (Å²) in [5.74, 6) is 0. The highest BCUT2D eigenvalue weighted by Crippen LogP contribution is 2.50. The Labute approximate surface area is 704 Å². The summed E-state index contributed by atoms with van der Waals surface area (Å²) in [4.78, 5) is 0. The molecule has 3 heteroatoms. The average Bonchev–Trinajstić information content (AvgIpc) is 1.50. The van der Waals surface area contributed by atoms with E-state index in [1.54, 1.807) is 12.1 Å². The van der Waals surface area contributed by atoms with Crippen LogP contribution < -0.4 is 0 Å². The summed E-state index contributed by atoms with van der Waals surface area (Å²) in [6, 6.07) is 97.3. The van der Waals surface area contributed by atoms with Crippen molar-refractivity contribution in [3.63, 3.8) is 0 Å². The Morgan fingerprint density at radius 3 is 0.624 bits per heavy atom. The lowest BCUT2D eigenvalue weighted by Gasteiger charge is -2.17. The van der Waals surface area contributed by atoms with Crippen molar-refractivity contribution in [1.29, 1.82) is 0 Å². The summed E-state index contributed by atoms with van der Waals surface area (Å²) in [6.07, 6.45) is 0. The molecule has 0 radical (unpaired) electrons. The third-order valence-corrected chi connectivity index (χ3v) is 22.3. The van der Waals surface area contributed by atoms with Crippen molar-refractivity contribution in [2.75, 3.05) is 0 Å². The molecule has 117 heavy (non-hydrogen) atoms. The molecular formula is C114H72O3. The first-order valence-corrected chi connectivity index (χ1v) is 38.4. The lowest BCUT2D eigenvalue weighted by atomic mass is 9.86. The molecule has 3 nitrogen and oxygen atoms in total. The minimum atomic E-state index is -0.447. The van der Waals surface area contributed by atoms with Crippen molar-refractivity contribution in [3.05, 3.63) is 436 Å². The van der Waals surface area contributed by atoms with Gasteiger partial charge in [0.15, 0.2) is 0 Å². The van der Waals surface area contributed by atoms with Gasteiger partial charge in [0.1, 0.15) is 33.5 Å². The molecule has 3 heterocycles. The van der Waals surface area contributed by atoms with E-state index in [0.717, 1.165) is 175 Å². The highest BCUT2D eigenvalue weighted by molar-refractivity contribution is 6.26. The fourth-order valence-electron chi connectivity index (χ4n) is 17.2. The Hall–Kier alpha value is -15.4. The zero-order valence-corrected chi connectivity index (χ0v) is 62.2. The molecule has 0 unspecified atom stereocenters. The normalized spacial score (nSPS) is 14.0. The number of benzene rings is 21. The summed E-state index contributed by atoms with van der Waals surface area (Å²) >= 11 is 0. The fourth-order valence-corrected chi connectivity index (χ4v) is 17.2. The number of furan rings is 3. The van der Waals surface area contributed by atoms with Gasteiger partial charge in [0.2, 0.25) is 0 Å². The van der Waals surface area contributed by atoms with Gasteiger partial charge in [-0.1, -0.05) is 364 Å². The van der Waals surface area contributed by atoms with Crippen LogP contribution in [0.25, 0.3) is 231 Å². The largest absolute Gasteiger partial charge is 0.456 e. The minimum Gasteiger partial charge on any atom is -0.456 e. The Balaban J connectivity index is 0.000000119. The molecule has 0 bridgehead atoms. The van der Waals surface area contributed by atoms with Crippen molar-refractivity contribution >= 4 is 130 Å². The maximum absolute atomic E-state index is 8.79. The van der Waals surface area contributed by atoms with E-state index >= 15 is 0 Å². The Morgan fingerprint density at radius 2 is 0.333 bits per heavy atom. The molecule has 24 aromatic rings. The fraction of sp³-hybridized carbons (Fsp3) is 0. The molecule has 0 aliphatic heterocycles. The second kappa shape index (κ2) is 29.0. The van der Waals surface area contributed by atoms with Crippen LogP contribution in [0.5, 0.6) is 0 Å². The van der Waals surface area contributed by atoms with Gasteiger partial charge in [-0.2, -0.15) is 0 Å². The molecule has 0 saturated carbocycles. The zero-order valence-electron chi connectivity index (χ0n) is 82.2. The zero-order chi connectivity index (χ0) is 94.7. The van der Waals surface area contributed by atoms with Crippen molar-refractivity contribution < 1.29 is 40.7 Å². The van der Waals surface area contributed by atoms with Gasteiger partial charge in [-0.05, 0) is 238 Å². The van der Waals surface area contributed by atoms with Crippen molar-refractivity contribution in [2.45, 2.75) is 0 Å². The number of fused-ring (bicyclic) bond motifs is 15. The summed E-state index contributed by atoms with van der Waals surface area (Å²) in [5, 5.41) is 15.9. The maximum Gasteiger partial charge on any atom is 0.136 e. The summed E-state index contributed by atoms with van der Waals surface area (Å²) in [7, 11) is 0. The van der Waals surface area contributed by atoms with Gasteiger partial charge in [-0.25, -0.2) is 0 Å². The predicted molar refractivity (Wildman–Crippen MR) is 495 cm³/mol. The lowest BCUT2D eigenvalue weighted by Crippen LogP contribution is -1.90. The van der Waals surface area contributed by atoms with E-state index in [-0.39, 0.29) is 107 Å². The monoisotopic (exact) mass is 1510 g/mol. The average molecular weight is 1510 g/mol. The molecule has 0 saturated heterocycles. The van der Waals surface area contributed by atoms with Crippen LogP contribution in [0.15, 0.2) is 450 Å². The van der Waals surface area contributed by atoms with E-state index in [9.17, 15) is 0 Å². The Morgan fingerprint density at radius 1 is 0.128 bits per heavy atom. The van der Waals surface area contributed by atoms with Crippen LogP contribution in [0.4, 0.5) is 0 Å². The second-order valence-electron chi connectivity index (χ2n) is 28.8. The van der Waals surface area contributed by atoms with Crippen molar-refractivity contribution in [3.8, 4) is 100 Å². The molecule has 0 fully saturated rings. The Bertz CT molecular complexity index is 9020. The standard InChI is InChI=1S/3C38H24O/c2*1-3-11-25(12-4-1)27-19-21-29-34-23-28(20-22-35(34)39-36(29)24-27)38-32-17-9-7-15-30(32)37(26-13-5-2-6-14-26)31-16-8-10-18-33(31)38;1-3-11-25(12-4-1)27-19-21-35-33(23-27)34-24-28(20-22-36(34)39-35)38-31-17-9-7-15-29(31)37(26-13-5-2-6-14-26)30-16-8-10-18-32(30)38/h3*1-24H/i1D,2D,3D,4D,5D,6D,11D,12D,13D,14D;2*2D,5D,6D,13D,14D. The molecule has 0 N–H and O–H groups in total. The van der Waals surface area contributed by atoms with Gasteiger partial charge in [-0.15, -0.1) is 0 Å². The first-order valence-electron chi connectivity index (χ1n) is 48.4. The smallest absolute Gasteiger partial charge is 0.136 e. The van der Waals surface area contributed by atoms with E-state index in [1.165, 1.54) is 0 Å². The van der Waals surface area contributed by atoms with Gasteiger partial charge in [-0.3, -0.25) is 0 Å². The molecule has 3 aromatic heterocycles. The quantitative estimate of drug-likeness (QED) is 0.135. The molecule has 0 spiro atoms. The first-order chi connectivity index (χ1) is 66.3. The van der Waals surface area contributed by atoms with Crippen molar-refractivity contribution in [2.24, 2.45) is 0 Å². The first kappa shape index (κ1) is 50.5. The molecule has 0 aliphatic rings. The second-order valence-corrected chi connectivity index (χ2v) is 28.8. The van der Waals surface area contributed by atoms with Gasteiger partial charge in [0.25, 0.3) is 0 Å². The van der Waals surface area contributed by atoms with Gasteiger partial charge in [0, 0.05) is 32.3 Å². The van der Waals surface area contributed by atoms with E-state index in [4.69, 9.17) is 40.7 Å². The molecular weight excluding hydrogens is 1420 g/mol. The molecule has 24 rings (SSSR count). The number of hydrogen-bond acceptors (Lipinski definition) is 3. The summed E-state index contributed by atoms with van der Waals surface area (Å²) in [6.45, 7) is 0. The lowest BCUT2D eigenvalue weighted by molar-refractivity contribution is 0.668. The van der Waals surface area contributed by atoms with E-state index < -0.39 is 36.3 Å². The molecule has 21 aromatic carbocycles. The van der Waals surface area contributed by atoms with Crippen LogP contribution in [-0.2, 0) is 0 Å². The maximum atomic E-state index is 8.79. The van der Waals surface area contributed by atoms with E-state index in [2.05, 4.69) is 78.9 Å². The van der Waals surface area contributed by atoms with E-state index in [1.807, 2.05) is 224 Å². The highest BCUT2D eigenvalue weighted by atomic mass is 16.3. The number of rotatable bonds is 9. The number of hydrogen-bond donors (Lipinski definition) is 0. The molecule has 0 atom stereocenters. The van der Waals surface area contributed by atoms with Crippen LogP contribution in [-0.4, -0.2) is 0 Å². The van der Waals surface area contributed by atoms with Gasteiger partial charge in [0.05, 0.1) is 27.4 Å². The summed E-state index contributed by atoms with van der Waals surface area (Å²) < 4.78 is 187. The Kier molecular flexibility index (Phi) is 12.5. The van der Waals surface area contributed by atoms with Crippen LogP contribution in [0, 0.1) is 0 Å². The van der Waals surface area contributed by atoms with Crippen LogP contribution in [0.1, 0.15) is 27.4 Å². The van der Waals surface area contributed by atoms with Crippen LogP contribution >= 0.6 is 0 Å². The third-order valence-electron chi connectivity index (χ3n) is 22.3. The predicted octanol–water partition coefficient (Wildman–Crippen LogP) is 32.7. The van der Waals surface area contributed by atoms with Crippen LogP contribution in [0.3, 0.4) is 0 Å². The van der Waals surface area contributed by atoms with Gasteiger partial charge >= 0.3 is 0 Å². The highest BCUT2D eigenvalue weighted by Gasteiger charge is 2.23. The minimum absolute atomic E-state index is 0.103. The third kappa shape index (κ3) is 12.1. The van der Waals surface area contributed by atoms with Crippen molar-refractivity contribution in [1.82, 2.24) is 0 Å². The van der Waals surface area contributed by atoms with Crippen LogP contribution in [0.2, 0.25) is 0 Å². The molecule has 0 amide bonds. The molecule has 546 valence electrons. The summed E-state index contributed by atoms with van der Waals surface area (Å²) in [5.41, 5.74) is 17.7. The van der Waals surface area contributed by atoms with E-state index in [0.29, 0.717) is 33.4 Å². The SMILES string of the molecule is [2H]c1c([2H])c([2H])c(-c2c3ccccc3c(-c3ccc4oc5cc(-c6ccccc6)ccc5c4c3)c3ccccc23)c([2H])c1[2H].[2H]c1c([2H])c([2H])c(-c2c3ccccc3c(-c3ccc4oc5ccc(-c6ccccc6)cc5c4c3)c3ccccc23)c([2H])c1[2H].[2H]c1c([2H])c([2H])c(-c2ccc3c(c2)oc2ccc(-c4c5ccccc5c(-c5c([2H])c([2H])c([2H])c([2H])c5[2H])c5ccccc45)cc23)c([2H])c1[2H]. The van der Waals surface area contributed by atoms with Gasteiger partial charge < -0.3 is 13.3 Å². The topological polar surface area (TPSA) is 39.4 Å².